The molecule has 0 spiro atoms. The molecule has 8 nitrogen and oxygen atoms in total. The molecule has 0 bridgehead atoms. The molecule has 182 valence electrons. The normalized spacial score (nSPS) is 10.3. The number of hydrogen-bond acceptors (Lipinski definition) is 7. The van der Waals surface area contributed by atoms with Gasteiger partial charge in [0.05, 0.1) is 32.0 Å². The molecule has 0 saturated heterocycles. The van der Waals surface area contributed by atoms with Crippen molar-refractivity contribution in [3.8, 4) is 11.5 Å². The van der Waals surface area contributed by atoms with Gasteiger partial charge in [-0.05, 0) is 62.4 Å². The van der Waals surface area contributed by atoms with Crippen molar-refractivity contribution in [2.45, 2.75) is 20.5 Å². The number of rotatable bonds is 9. The van der Waals surface area contributed by atoms with Crippen LogP contribution in [0.15, 0.2) is 60.7 Å². The zero-order valence-corrected chi connectivity index (χ0v) is 20.0. The number of aryl methyl sites for hydroxylation is 1. The molecule has 3 rings (SSSR count). The summed E-state index contributed by atoms with van der Waals surface area (Å²) in [7, 11) is 2.46. The van der Waals surface area contributed by atoms with Gasteiger partial charge in [0, 0.05) is 16.8 Å². The molecule has 0 radical (unpaired) electrons. The highest BCUT2D eigenvalue weighted by atomic mass is 16.5. The summed E-state index contributed by atoms with van der Waals surface area (Å²) in [4.78, 5) is 37.1. The predicted molar refractivity (Wildman–Crippen MR) is 130 cm³/mol. The summed E-state index contributed by atoms with van der Waals surface area (Å²) in [5, 5.41) is 2.72. The smallest absolute Gasteiger partial charge is 0.337 e. The number of benzene rings is 3. The molecule has 0 aliphatic carbocycles. The summed E-state index contributed by atoms with van der Waals surface area (Å²) in [6, 6.07) is 16.8. The maximum atomic E-state index is 13.0. The average molecular weight is 478 g/mol. The molecule has 8 heteroatoms. The topological polar surface area (TPSA) is 100 Å². The molecule has 0 unspecified atom stereocenters. The molecule has 0 atom stereocenters. The van der Waals surface area contributed by atoms with Crippen LogP contribution >= 0.6 is 0 Å². The second-order valence-corrected chi connectivity index (χ2v) is 7.59. The second-order valence-electron chi connectivity index (χ2n) is 7.59. The van der Waals surface area contributed by atoms with Crippen molar-refractivity contribution in [2.24, 2.45) is 0 Å². The highest BCUT2D eigenvalue weighted by molar-refractivity contribution is 6.06. The molecule has 0 saturated carbocycles. The first-order chi connectivity index (χ1) is 16.8. The van der Waals surface area contributed by atoms with Crippen molar-refractivity contribution >= 4 is 23.5 Å². The van der Waals surface area contributed by atoms with E-state index < -0.39 is 17.8 Å². The molecule has 35 heavy (non-hydrogen) atoms. The summed E-state index contributed by atoms with van der Waals surface area (Å²) in [6.45, 7) is 4.52. The minimum absolute atomic E-state index is 0.101. The van der Waals surface area contributed by atoms with Gasteiger partial charge < -0.3 is 24.3 Å². The molecule has 0 heterocycles. The standard InChI is InChI=1S/C27H27NO7/c1-5-34-24-11-8-18(12-21(24)16-35-23-9-6-17(2)7-10-23)25(29)28-22-14-19(26(30)32-3)13-20(15-22)27(31)33-4/h6-15H,5,16H2,1-4H3,(H,28,29). The Hall–Kier alpha value is -4.33. The van der Waals surface area contributed by atoms with E-state index in [0.29, 0.717) is 29.2 Å². The molecule has 1 amide bonds. The van der Waals surface area contributed by atoms with Gasteiger partial charge in [-0.3, -0.25) is 4.79 Å². The van der Waals surface area contributed by atoms with Crippen molar-refractivity contribution in [2.75, 3.05) is 26.1 Å². The maximum Gasteiger partial charge on any atom is 0.337 e. The Morgan fingerprint density at radius 1 is 0.771 bits per heavy atom. The summed E-state index contributed by atoms with van der Waals surface area (Å²) in [5.41, 5.74) is 2.61. The number of amides is 1. The zero-order chi connectivity index (χ0) is 25.4. The quantitative estimate of drug-likeness (QED) is 0.442. The van der Waals surface area contributed by atoms with E-state index in [9.17, 15) is 14.4 Å². The van der Waals surface area contributed by atoms with Crippen molar-refractivity contribution < 1.29 is 33.3 Å². The van der Waals surface area contributed by atoms with E-state index in [4.69, 9.17) is 18.9 Å². The van der Waals surface area contributed by atoms with E-state index >= 15 is 0 Å². The lowest BCUT2D eigenvalue weighted by Crippen LogP contribution is -2.15. The van der Waals surface area contributed by atoms with Gasteiger partial charge in [0.25, 0.3) is 5.91 Å². The van der Waals surface area contributed by atoms with Gasteiger partial charge >= 0.3 is 11.9 Å². The summed E-state index contributed by atoms with van der Waals surface area (Å²) in [5.74, 6) is -0.437. The molecule has 3 aromatic rings. The van der Waals surface area contributed by atoms with E-state index in [0.717, 1.165) is 5.56 Å². The third-order valence-corrected chi connectivity index (χ3v) is 5.07. The lowest BCUT2D eigenvalue weighted by molar-refractivity contribution is 0.0599. The van der Waals surface area contributed by atoms with Gasteiger partial charge in [-0.15, -0.1) is 0 Å². The van der Waals surface area contributed by atoms with Crippen LogP contribution in [0, 0.1) is 6.92 Å². The number of esters is 2. The number of anilines is 1. The zero-order valence-electron chi connectivity index (χ0n) is 20.0. The van der Waals surface area contributed by atoms with Crippen LogP contribution in [-0.2, 0) is 16.1 Å². The lowest BCUT2D eigenvalue weighted by atomic mass is 10.1. The molecule has 1 N–H and O–H groups in total. The van der Waals surface area contributed by atoms with Gasteiger partial charge in [-0.2, -0.15) is 0 Å². The van der Waals surface area contributed by atoms with E-state index in [1.165, 1.54) is 32.4 Å². The molecule has 0 aromatic heterocycles. The fourth-order valence-corrected chi connectivity index (χ4v) is 3.30. The first-order valence-electron chi connectivity index (χ1n) is 10.9. The Morgan fingerprint density at radius 2 is 1.40 bits per heavy atom. The van der Waals surface area contributed by atoms with E-state index in [1.807, 2.05) is 38.1 Å². The summed E-state index contributed by atoms with van der Waals surface area (Å²) >= 11 is 0. The number of ether oxygens (including phenoxy) is 4. The van der Waals surface area contributed by atoms with Crippen LogP contribution < -0.4 is 14.8 Å². The largest absolute Gasteiger partial charge is 0.493 e. The van der Waals surface area contributed by atoms with Crippen LogP contribution in [0.5, 0.6) is 11.5 Å². The molecular weight excluding hydrogens is 450 g/mol. The van der Waals surface area contributed by atoms with Crippen molar-refractivity contribution in [1.82, 2.24) is 0 Å². The Kier molecular flexibility index (Phi) is 8.45. The highest BCUT2D eigenvalue weighted by Gasteiger charge is 2.17. The number of methoxy groups -OCH3 is 2. The highest BCUT2D eigenvalue weighted by Crippen LogP contribution is 2.24. The van der Waals surface area contributed by atoms with Gasteiger partial charge in [-0.25, -0.2) is 9.59 Å². The average Bonchev–Trinajstić information content (AvgIpc) is 2.87. The fourth-order valence-electron chi connectivity index (χ4n) is 3.30. The number of carbonyl (C=O) groups excluding carboxylic acids is 3. The minimum atomic E-state index is -0.650. The van der Waals surface area contributed by atoms with Crippen LogP contribution in [0.4, 0.5) is 5.69 Å². The third-order valence-electron chi connectivity index (χ3n) is 5.07. The first-order valence-corrected chi connectivity index (χ1v) is 10.9. The maximum absolute atomic E-state index is 13.0. The Morgan fingerprint density at radius 3 is 1.97 bits per heavy atom. The van der Waals surface area contributed by atoms with E-state index in [2.05, 4.69) is 5.32 Å². The predicted octanol–water partition coefficient (Wildman–Crippen LogP) is 4.80. The molecule has 0 aliphatic heterocycles. The van der Waals surface area contributed by atoms with E-state index in [-0.39, 0.29) is 23.4 Å². The summed E-state index contributed by atoms with van der Waals surface area (Å²) in [6.07, 6.45) is 0. The van der Waals surface area contributed by atoms with Crippen LogP contribution in [0.3, 0.4) is 0 Å². The van der Waals surface area contributed by atoms with Crippen LogP contribution in [0.2, 0.25) is 0 Å². The van der Waals surface area contributed by atoms with Crippen LogP contribution in [0.25, 0.3) is 0 Å². The number of nitrogens with one attached hydrogen (secondary N) is 1. The van der Waals surface area contributed by atoms with Crippen molar-refractivity contribution in [3.05, 3.63) is 88.5 Å². The molecular formula is C27H27NO7. The molecule has 3 aromatic carbocycles. The molecule has 0 aliphatic rings. The Bertz CT molecular complexity index is 1180. The number of carbonyl (C=O) groups is 3. The van der Waals surface area contributed by atoms with E-state index in [1.54, 1.807) is 18.2 Å². The van der Waals surface area contributed by atoms with Crippen LogP contribution in [0.1, 0.15) is 49.1 Å². The van der Waals surface area contributed by atoms with Crippen LogP contribution in [-0.4, -0.2) is 38.7 Å². The van der Waals surface area contributed by atoms with Gasteiger partial charge in [-0.1, -0.05) is 17.7 Å². The summed E-state index contributed by atoms with van der Waals surface area (Å²) < 4.78 is 21.1. The monoisotopic (exact) mass is 477 g/mol. The van der Waals surface area contributed by atoms with Crippen molar-refractivity contribution in [1.29, 1.82) is 0 Å². The van der Waals surface area contributed by atoms with Gasteiger partial charge in [0.1, 0.15) is 18.1 Å². The third kappa shape index (κ3) is 6.60. The first kappa shape index (κ1) is 25.3. The minimum Gasteiger partial charge on any atom is -0.493 e. The second kappa shape index (κ2) is 11.7. The Labute approximate surface area is 203 Å². The number of hydrogen-bond donors (Lipinski definition) is 1. The fraction of sp³-hybridized carbons (Fsp3) is 0.222. The van der Waals surface area contributed by atoms with Gasteiger partial charge in [0.15, 0.2) is 0 Å². The Balaban J connectivity index is 1.85. The SMILES string of the molecule is CCOc1ccc(C(=O)Nc2cc(C(=O)OC)cc(C(=O)OC)c2)cc1COc1ccc(C)cc1. The van der Waals surface area contributed by atoms with Gasteiger partial charge in [0.2, 0.25) is 0 Å². The molecule has 0 fully saturated rings. The lowest BCUT2D eigenvalue weighted by Gasteiger charge is -2.14. The van der Waals surface area contributed by atoms with Crippen molar-refractivity contribution in [3.63, 3.8) is 0 Å².